The second kappa shape index (κ2) is 8.49. The van der Waals surface area contributed by atoms with Crippen molar-refractivity contribution in [2.75, 3.05) is 34.2 Å². The minimum absolute atomic E-state index is 0.0918. The van der Waals surface area contributed by atoms with Crippen LogP contribution < -0.4 is 9.62 Å². The van der Waals surface area contributed by atoms with Crippen LogP contribution in [0.5, 0.6) is 0 Å². The van der Waals surface area contributed by atoms with Crippen LogP contribution in [0.4, 0.5) is 11.4 Å². The van der Waals surface area contributed by atoms with E-state index in [0.29, 0.717) is 5.69 Å². The lowest BCUT2D eigenvalue weighted by Crippen LogP contribution is -2.33. The molecule has 27 heavy (non-hydrogen) atoms. The quantitative estimate of drug-likeness (QED) is 0.768. The molecule has 0 spiro atoms. The fraction of sp³-hybridized carbons (Fsp3) is 0.211. The Morgan fingerprint density at radius 1 is 1.11 bits per heavy atom. The van der Waals surface area contributed by atoms with Crippen molar-refractivity contribution in [3.8, 4) is 0 Å². The zero-order valence-corrected chi connectivity index (χ0v) is 16.2. The van der Waals surface area contributed by atoms with Gasteiger partial charge in [0.1, 0.15) is 0 Å². The van der Waals surface area contributed by atoms with Gasteiger partial charge in [0.25, 0.3) is 10.0 Å². The van der Waals surface area contributed by atoms with Gasteiger partial charge in [-0.25, -0.2) is 13.2 Å². The molecule has 142 valence electrons. The van der Waals surface area contributed by atoms with Crippen LogP contribution in [-0.4, -0.2) is 44.1 Å². The zero-order valence-electron chi connectivity index (χ0n) is 14.5. The van der Waals surface area contributed by atoms with E-state index in [4.69, 9.17) is 0 Å². The van der Waals surface area contributed by atoms with Gasteiger partial charge in [0.05, 0.1) is 16.7 Å². The first-order chi connectivity index (χ1) is 12.9. The molecule has 6 nitrogen and oxygen atoms in total. The number of carboxylic acids is 1. The number of hydrogen-bond acceptors (Lipinski definition) is 5. The molecular formula is C19H20N2O4S2. The van der Waals surface area contributed by atoms with Gasteiger partial charge in [-0.1, -0.05) is 30.3 Å². The SMILES string of the molecule is O=C(O)c1cc(NS(=O)(=O)/C=C/c2ccccc2)ccc1N1CCSCC1. The molecule has 1 saturated heterocycles. The molecule has 0 atom stereocenters. The summed E-state index contributed by atoms with van der Waals surface area (Å²) < 4.78 is 27.0. The normalized spacial score (nSPS) is 15.0. The molecular weight excluding hydrogens is 384 g/mol. The molecule has 2 aromatic carbocycles. The third-order valence-electron chi connectivity index (χ3n) is 4.08. The summed E-state index contributed by atoms with van der Waals surface area (Å²) in [6.07, 6.45) is 1.49. The highest BCUT2D eigenvalue weighted by molar-refractivity contribution is 7.99. The second-order valence-corrected chi connectivity index (χ2v) is 8.79. The van der Waals surface area contributed by atoms with Crippen LogP contribution in [-0.2, 0) is 10.0 Å². The van der Waals surface area contributed by atoms with Crippen molar-refractivity contribution < 1.29 is 18.3 Å². The third kappa shape index (κ3) is 5.27. The highest BCUT2D eigenvalue weighted by atomic mass is 32.2. The van der Waals surface area contributed by atoms with Crippen molar-refractivity contribution in [1.82, 2.24) is 0 Å². The number of hydrogen-bond donors (Lipinski definition) is 2. The summed E-state index contributed by atoms with van der Waals surface area (Å²) >= 11 is 1.83. The summed E-state index contributed by atoms with van der Waals surface area (Å²) in [5, 5.41) is 10.6. The Hall–Kier alpha value is -2.45. The molecule has 0 aromatic heterocycles. The zero-order chi connectivity index (χ0) is 19.3. The van der Waals surface area contributed by atoms with Crippen LogP contribution in [0.2, 0.25) is 0 Å². The van der Waals surface area contributed by atoms with Crippen molar-refractivity contribution >= 4 is 45.2 Å². The number of carbonyl (C=O) groups is 1. The molecule has 1 aliphatic heterocycles. The minimum atomic E-state index is -3.75. The first-order valence-corrected chi connectivity index (χ1v) is 11.1. The number of nitrogens with one attached hydrogen (secondary N) is 1. The van der Waals surface area contributed by atoms with Crippen molar-refractivity contribution in [3.63, 3.8) is 0 Å². The van der Waals surface area contributed by atoms with E-state index in [1.165, 1.54) is 12.1 Å². The van der Waals surface area contributed by atoms with E-state index in [-0.39, 0.29) is 11.3 Å². The molecule has 0 aliphatic carbocycles. The minimum Gasteiger partial charge on any atom is -0.478 e. The summed E-state index contributed by atoms with van der Waals surface area (Å²) in [6.45, 7) is 1.55. The van der Waals surface area contributed by atoms with Crippen LogP contribution >= 0.6 is 11.8 Å². The van der Waals surface area contributed by atoms with Crippen LogP contribution in [0.1, 0.15) is 15.9 Å². The number of nitrogens with zero attached hydrogens (tertiary/aromatic N) is 1. The van der Waals surface area contributed by atoms with Gasteiger partial charge in [-0.05, 0) is 29.8 Å². The summed E-state index contributed by atoms with van der Waals surface area (Å²) in [7, 11) is -3.75. The topological polar surface area (TPSA) is 86.7 Å². The average Bonchev–Trinajstić information content (AvgIpc) is 2.67. The average molecular weight is 405 g/mol. The number of aromatic carboxylic acids is 1. The van der Waals surface area contributed by atoms with E-state index in [9.17, 15) is 18.3 Å². The van der Waals surface area contributed by atoms with E-state index in [1.54, 1.807) is 24.3 Å². The molecule has 2 N–H and O–H groups in total. The van der Waals surface area contributed by atoms with Crippen molar-refractivity contribution in [2.24, 2.45) is 0 Å². The second-order valence-electron chi connectivity index (χ2n) is 6.00. The first-order valence-electron chi connectivity index (χ1n) is 8.41. The maximum absolute atomic E-state index is 12.3. The maximum atomic E-state index is 12.3. The predicted molar refractivity (Wildman–Crippen MR) is 111 cm³/mol. The molecule has 2 aromatic rings. The standard InChI is InChI=1S/C19H20N2O4S2/c22-19(23)17-14-16(6-7-18(17)21-9-11-26-12-10-21)20-27(24,25)13-8-15-4-2-1-3-5-15/h1-8,13-14,20H,9-12H2,(H,22,23)/b13-8+. The van der Waals surface area contributed by atoms with Gasteiger partial charge in [-0.2, -0.15) is 11.8 Å². The number of sulfonamides is 1. The molecule has 0 amide bonds. The van der Waals surface area contributed by atoms with Gasteiger partial charge >= 0.3 is 5.97 Å². The monoisotopic (exact) mass is 404 g/mol. The smallest absolute Gasteiger partial charge is 0.337 e. The Labute approximate surface area is 162 Å². The summed E-state index contributed by atoms with van der Waals surface area (Å²) in [6, 6.07) is 13.7. The molecule has 0 bridgehead atoms. The largest absolute Gasteiger partial charge is 0.478 e. The van der Waals surface area contributed by atoms with Gasteiger partial charge < -0.3 is 10.0 Å². The fourth-order valence-electron chi connectivity index (χ4n) is 2.78. The van der Waals surface area contributed by atoms with E-state index in [1.807, 2.05) is 34.9 Å². The van der Waals surface area contributed by atoms with E-state index in [0.717, 1.165) is 35.6 Å². The fourth-order valence-corrected chi connectivity index (χ4v) is 4.54. The summed E-state index contributed by atoms with van der Waals surface area (Å²) in [5.74, 6) is 0.805. The number of carboxylic acid groups (broad SMARTS) is 1. The van der Waals surface area contributed by atoms with Crippen molar-refractivity contribution in [2.45, 2.75) is 0 Å². The molecule has 0 saturated carbocycles. The lowest BCUT2D eigenvalue weighted by Gasteiger charge is -2.29. The molecule has 8 heteroatoms. The number of benzene rings is 2. The Bertz CT molecular complexity index is 937. The van der Waals surface area contributed by atoms with Crippen LogP contribution in [0.25, 0.3) is 6.08 Å². The third-order valence-corrected chi connectivity index (χ3v) is 6.04. The Balaban J connectivity index is 1.81. The van der Waals surface area contributed by atoms with E-state index < -0.39 is 16.0 Å². The molecule has 3 rings (SSSR count). The molecule has 1 aliphatic rings. The Kier molecular flexibility index (Phi) is 6.08. The van der Waals surface area contributed by atoms with Crippen molar-refractivity contribution in [3.05, 3.63) is 65.1 Å². The summed E-state index contributed by atoms with van der Waals surface area (Å²) in [4.78, 5) is 13.7. The number of anilines is 2. The lowest BCUT2D eigenvalue weighted by molar-refractivity contribution is 0.0697. The molecule has 0 radical (unpaired) electrons. The highest BCUT2D eigenvalue weighted by Crippen LogP contribution is 2.27. The number of rotatable bonds is 6. The molecule has 1 fully saturated rings. The van der Waals surface area contributed by atoms with Gasteiger partial charge in [0.2, 0.25) is 0 Å². The molecule has 1 heterocycles. The van der Waals surface area contributed by atoms with Gasteiger partial charge in [0.15, 0.2) is 0 Å². The maximum Gasteiger partial charge on any atom is 0.337 e. The Morgan fingerprint density at radius 2 is 1.81 bits per heavy atom. The van der Waals surface area contributed by atoms with E-state index >= 15 is 0 Å². The van der Waals surface area contributed by atoms with Gasteiger partial charge in [-0.3, -0.25) is 4.72 Å². The summed E-state index contributed by atoms with van der Waals surface area (Å²) in [5.41, 5.74) is 1.69. The highest BCUT2D eigenvalue weighted by Gasteiger charge is 2.19. The molecule has 0 unspecified atom stereocenters. The number of thioether (sulfide) groups is 1. The predicted octanol–water partition coefficient (Wildman–Crippen LogP) is 3.35. The van der Waals surface area contributed by atoms with Crippen LogP contribution in [0, 0.1) is 0 Å². The first kappa shape index (κ1) is 19.3. The van der Waals surface area contributed by atoms with Crippen LogP contribution in [0.3, 0.4) is 0 Å². The Morgan fingerprint density at radius 3 is 2.48 bits per heavy atom. The van der Waals surface area contributed by atoms with Gasteiger partial charge in [0, 0.05) is 30.3 Å². The van der Waals surface area contributed by atoms with Crippen LogP contribution in [0.15, 0.2) is 53.9 Å². The van der Waals surface area contributed by atoms with Gasteiger partial charge in [-0.15, -0.1) is 0 Å². The van der Waals surface area contributed by atoms with E-state index in [2.05, 4.69) is 4.72 Å². The van der Waals surface area contributed by atoms with Crippen molar-refractivity contribution in [1.29, 1.82) is 0 Å². The lowest BCUT2D eigenvalue weighted by atomic mass is 10.1.